The molecule has 0 radical (unpaired) electrons. The highest BCUT2D eigenvalue weighted by Gasteiger charge is 1.97. The van der Waals surface area contributed by atoms with E-state index in [1.54, 1.807) is 12.1 Å². The minimum Gasteiger partial charge on any atom is -0.875 e. The highest BCUT2D eigenvalue weighted by Crippen LogP contribution is 2.15. The highest BCUT2D eigenvalue weighted by atomic mass is 35.5. The Kier molecular flexibility index (Phi) is 2.93. The molecule has 0 saturated carbocycles. The minimum atomic E-state index is 0.141. The maximum atomic E-state index is 11.7. The van der Waals surface area contributed by atoms with E-state index in [9.17, 15) is 5.11 Å². The quantitative estimate of drug-likeness (QED) is 0.699. The Morgan fingerprint density at radius 1 is 1.07 bits per heavy atom. The van der Waals surface area contributed by atoms with Crippen LogP contribution in [0.25, 0.3) is 0 Å². The van der Waals surface area contributed by atoms with Crippen molar-refractivity contribution in [3.8, 4) is 0 Å². The monoisotopic (exact) mass is 217 g/mol. The number of allylic oxidation sites excluding steroid dienone is 6. The molecule has 0 bridgehead atoms. The van der Waals surface area contributed by atoms with Crippen LogP contribution in [0, 0.1) is 0 Å². The number of hydrogen-bond donors (Lipinski definition) is 0. The zero-order valence-electron chi connectivity index (χ0n) is 8.11. The fraction of sp³-hybridized carbons (Fsp3) is 0.0769. The average molecular weight is 218 g/mol. The molecule has 0 aliphatic heterocycles. The van der Waals surface area contributed by atoms with Gasteiger partial charge in [-0.25, -0.2) is 0 Å². The van der Waals surface area contributed by atoms with Crippen molar-refractivity contribution in [3.05, 3.63) is 70.5 Å². The van der Waals surface area contributed by atoms with E-state index in [-0.39, 0.29) is 5.76 Å². The summed E-state index contributed by atoms with van der Waals surface area (Å²) in [5, 5.41) is 12.4. The predicted molar refractivity (Wildman–Crippen MR) is 60.5 cm³/mol. The first-order valence-corrected chi connectivity index (χ1v) is 5.13. The van der Waals surface area contributed by atoms with Gasteiger partial charge in [-0.05, 0) is 29.7 Å². The van der Waals surface area contributed by atoms with Gasteiger partial charge in [-0.1, -0.05) is 48.0 Å². The molecular weight excluding hydrogens is 208 g/mol. The van der Waals surface area contributed by atoms with E-state index >= 15 is 0 Å². The molecular formula is C13H10ClO-. The predicted octanol–water partition coefficient (Wildman–Crippen LogP) is 2.62. The van der Waals surface area contributed by atoms with Gasteiger partial charge in [-0.3, -0.25) is 0 Å². The van der Waals surface area contributed by atoms with E-state index in [4.69, 9.17) is 11.6 Å². The minimum absolute atomic E-state index is 0.141. The van der Waals surface area contributed by atoms with Crippen LogP contribution in [0.5, 0.6) is 0 Å². The summed E-state index contributed by atoms with van der Waals surface area (Å²) in [5.74, 6) is 0.141. The summed E-state index contributed by atoms with van der Waals surface area (Å²) in [7, 11) is 0. The zero-order valence-corrected chi connectivity index (χ0v) is 8.87. The third-order valence-electron chi connectivity index (χ3n) is 2.26. The zero-order chi connectivity index (χ0) is 10.7. The van der Waals surface area contributed by atoms with E-state index in [0.717, 1.165) is 11.1 Å². The smallest absolute Gasteiger partial charge is 0.0406 e. The SMILES string of the molecule is [O-]C(Cc1ccc(Cl)cc1)=C1C=CC=C1. The van der Waals surface area contributed by atoms with E-state index in [1.807, 2.05) is 36.4 Å². The van der Waals surface area contributed by atoms with Gasteiger partial charge in [-0.15, -0.1) is 5.76 Å². The van der Waals surface area contributed by atoms with E-state index in [2.05, 4.69) is 0 Å². The molecule has 76 valence electrons. The van der Waals surface area contributed by atoms with Crippen LogP contribution < -0.4 is 5.11 Å². The molecule has 0 unspecified atom stereocenters. The fourth-order valence-electron chi connectivity index (χ4n) is 1.45. The van der Waals surface area contributed by atoms with Crippen LogP contribution >= 0.6 is 11.6 Å². The third kappa shape index (κ3) is 2.51. The lowest BCUT2D eigenvalue weighted by Crippen LogP contribution is -2.08. The van der Waals surface area contributed by atoms with Crippen molar-refractivity contribution in [1.82, 2.24) is 0 Å². The molecule has 1 nitrogen and oxygen atoms in total. The van der Waals surface area contributed by atoms with Crippen molar-refractivity contribution >= 4 is 11.6 Å². The first-order chi connectivity index (χ1) is 7.25. The lowest BCUT2D eigenvalue weighted by molar-refractivity contribution is -0.306. The topological polar surface area (TPSA) is 23.1 Å². The Morgan fingerprint density at radius 3 is 2.27 bits per heavy atom. The van der Waals surface area contributed by atoms with Crippen LogP contribution in [0.3, 0.4) is 0 Å². The Balaban J connectivity index is 2.15. The van der Waals surface area contributed by atoms with Gasteiger partial charge in [0, 0.05) is 5.02 Å². The average Bonchev–Trinajstić information content (AvgIpc) is 2.74. The van der Waals surface area contributed by atoms with E-state index < -0.39 is 0 Å². The van der Waals surface area contributed by atoms with Crippen molar-refractivity contribution < 1.29 is 5.11 Å². The van der Waals surface area contributed by atoms with Crippen molar-refractivity contribution in [2.75, 3.05) is 0 Å². The summed E-state index contributed by atoms with van der Waals surface area (Å²) in [4.78, 5) is 0. The second kappa shape index (κ2) is 4.37. The van der Waals surface area contributed by atoms with Gasteiger partial charge in [-0.2, -0.15) is 0 Å². The van der Waals surface area contributed by atoms with Gasteiger partial charge in [0.05, 0.1) is 0 Å². The van der Waals surface area contributed by atoms with Crippen LogP contribution in [-0.4, -0.2) is 0 Å². The largest absolute Gasteiger partial charge is 0.875 e. The van der Waals surface area contributed by atoms with Crippen LogP contribution in [0.15, 0.2) is 59.9 Å². The number of rotatable bonds is 2. The number of benzene rings is 1. The van der Waals surface area contributed by atoms with Gasteiger partial charge >= 0.3 is 0 Å². The summed E-state index contributed by atoms with van der Waals surface area (Å²) in [6.45, 7) is 0. The van der Waals surface area contributed by atoms with Gasteiger partial charge in [0.15, 0.2) is 0 Å². The summed E-state index contributed by atoms with van der Waals surface area (Å²) in [6, 6.07) is 7.36. The van der Waals surface area contributed by atoms with Crippen LogP contribution in [0.4, 0.5) is 0 Å². The molecule has 0 saturated heterocycles. The summed E-state index contributed by atoms with van der Waals surface area (Å²) >= 11 is 5.76. The number of halogens is 1. The molecule has 0 atom stereocenters. The first-order valence-electron chi connectivity index (χ1n) is 4.75. The van der Waals surface area contributed by atoms with Crippen LogP contribution in [0.1, 0.15) is 5.56 Å². The van der Waals surface area contributed by atoms with Crippen molar-refractivity contribution in [1.29, 1.82) is 0 Å². The van der Waals surface area contributed by atoms with Gasteiger partial charge in [0.2, 0.25) is 0 Å². The molecule has 0 amide bonds. The van der Waals surface area contributed by atoms with Crippen molar-refractivity contribution in [2.45, 2.75) is 6.42 Å². The fourth-order valence-corrected chi connectivity index (χ4v) is 1.58. The normalized spacial score (nSPS) is 13.5. The molecule has 1 aliphatic rings. The second-order valence-electron chi connectivity index (χ2n) is 3.40. The summed E-state index contributed by atoms with van der Waals surface area (Å²) in [5.41, 5.74) is 1.76. The van der Waals surface area contributed by atoms with E-state index in [0.29, 0.717) is 11.4 Å². The second-order valence-corrected chi connectivity index (χ2v) is 3.84. The highest BCUT2D eigenvalue weighted by molar-refractivity contribution is 6.30. The molecule has 1 aromatic carbocycles. The molecule has 0 fully saturated rings. The molecule has 1 aliphatic carbocycles. The Morgan fingerprint density at radius 2 is 1.67 bits per heavy atom. The summed E-state index contributed by atoms with van der Waals surface area (Å²) < 4.78 is 0. The standard InChI is InChI=1S/C13H11ClO/c14-12-7-5-10(6-8-12)9-13(15)11-3-1-2-4-11/h1-8,15H,9H2/p-1. The lowest BCUT2D eigenvalue weighted by atomic mass is 10.1. The van der Waals surface area contributed by atoms with Crippen molar-refractivity contribution in [2.24, 2.45) is 0 Å². The maximum Gasteiger partial charge on any atom is 0.0406 e. The van der Waals surface area contributed by atoms with Gasteiger partial charge < -0.3 is 5.11 Å². The molecule has 0 heterocycles. The molecule has 0 aromatic heterocycles. The van der Waals surface area contributed by atoms with Crippen molar-refractivity contribution in [3.63, 3.8) is 0 Å². The summed E-state index contributed by atoms with van der Waals surface area (Å²) in [6.07, 6.45) is 7.84. The third-order valence-corrected chi connectivity index (χ3v) is 2.51. The molecule has 2 rings (SSSR count). The Hall–Kier alpha value is -1.47. The molecule has 0 N–H and O–H groups in total. The van der Waals surface area contributed by atoms with Crippen LogP contribution in [0.2, 0.25) is 5.02 Å². The number of hydrogen-bond acceptors (Lipinski definition) is 1. The molecule has 1 aromatic rings. The van der Waals surface area contributed by atoms with Gasteiger partial charge in [0.25, 0.3) is 0 Å². The Bertz CT molecular complexity index is 424. The first kappa shape index (κ1) is 10.1. The molecule has 0 spiro atoms. The van der Waals surface area contributed by atoms with Gasteiger partial charge in [0.1, 0.15) is 0 Å². The Labute approximate surface area is 94.0 Å². The van der Waals surface area contributed by atoms with Crippen LogP contribution in [-0.2, 0) is 6.42 Å². The molecule has 15 heavy (non-hydrogen) atoms. The van der Waals surface area contributed by atoms with E-state index in [1.165, 1.54) is 0 Å². The molecule has 2 heteroatoms. The lowest BCUT2D eigenvalue weighted by Gasteiger charge is -2.14. The maximum absolute atomic E-state index is 11.7.